The van der Waals surface area contributed by atoms with E-state index >= 15 is 0 Å². The van der Waals surface area contributed by atoms with Crippen molar-refractivity contribution >= 4 is 18.1 Å². The first-order chi connectivity index (χ1) is 10.7. The molecule has 0 aliphatic carbocycles. The first kappa shape index (κ1) is 15.8. The van der Waals surface area contributed by atoms with Crippen LogP contribution in [-0.2, 0) is 11.3 Å². The first-order valence-corrected chi connectivity index (χ1v) is 7.07. The molecule has 4 nitrogen and oxygen atoms in total. The van der Waals surface area contributed by atoms with Crippen LogP contribution in [0.3, 0.4) is 0 Å². The predicted molar refractivity (Wildman–Crippen MR) is 88.7 cm³/mol. The van der Waals surface area contributed by atoms with E-state index < -0.39 is 0 Å². The van der Waals surface area contributed by atoms with Crippen molar-refractivity contribution in [3.05, 3.63) is 70.9 Å². The number of amides is 1. The highest BCUT2D eigenvalue weighted by Crippen LogP contribution is 1.98. The van der Waals surface area contributed by atoms with Crippen molar-refractivity contribution in [2.45, 2.75) is 6.54 Å². The van der Waals surface area contributed by atoms with E-state index in [1.54, 1.807) is 13.2 Å². The Morgan fingerprint density at radius 1 is 1.36 bits per heavy atom. The highest BCUT2D eigenvalue weighted by molar-refractivity contribution is 5.92. The van der Waals surface area contributed by atoms with Crippen LogP contribution in [0.15, 0.2) is 49.1 Å². The van der Waals surface area contributed by atoms with Crippen LogP contribution in [0.4, 0.5) is 0 Å². The van der Waals surface area contributed by atoms with E-state index in [1.807, 2.05) is 48.6 Å². The molecule has 0 bridgehead atoms. The van der Waals surface area contributed by atoms with Crippen molar-refractivity contribution in [2.24, 2.45) is 0 Å². The molecule has 1 aromatic carbocycles. The minimum Gasteiger partial charge on any atom is -0.381 e. The zero-order valence-corrected chi connectivity index (χ0v) is 12.6. The SMILES string of the molecule is C=C/C=c1/cc(C(=O)NCc2ccccc2)[nH]/c1=C/COC. The molecule has 0 unspecified atom stereocenters. The average Bonchev–Trinajstić information content (AvgIpc) is 2.95. The quantitative estimate of drug-likeness (QED) is 0.845. The van der Waals surface area contributed by atoms with Crippen LogP contribution >= 0.6 is 0 Å². The van der Waals surface area contributed by atoms with Crippen LogP contribution in [0.25, 0.3) is 12.2 Å². The van der Waals surface area contributed by atoms with Gasteiger partial charge in [-0.05, 0) is 22.9 Å². The van der Waals surface area contributed by atoms with Crippen LogP contribution in [-0.4, -0.2) is 24.6 Å². The number of rotatable bonds is 6. The minimum absolute atomic E-state index is 0.139. The van der Waals surface area contributed by atoms with Gasteiger partial charge in [-0.25, -0.2) is 0 Å². The lowest BCUT2D eigenvalue weighted by Crippen LogP contribution is -2.24. The fourth-order valence-electron chi connectivity index (χ4n) is 2.08. The van der Waals surface area contributed by atoms with Gasteiger partial charge in [-0.3, -0.25) is 4.79 Å². The Morgan fingerprint density at radius 2 is 2.14 bits per heavy atom. The summed E-state index contributed by atoms with van der Waals surface area (Å²) in [5.74, 6) is -0.139. The van der Waals surface area contributed by atoms with Crippen molar-refractivity contribution in [1.29, 1.82) is 0 Å². The molecule has 4 heteroatoms. The second kappa shape index (κ2) is 8.00. The average molecular weight is 296 g/mol. The van der Waals surface area contributed by atoms with Gasteiger partial charge in [0.15, 0.2) is 0 Å². The number of benzene rings is 1. The molecule has 1 aromatic heterocycles. The number of hydrogen-bond acceptors (Lipinski definition) is 2. The normalized spacial score (nSPS) is 12.4. The largest absolute Gasteiger partial charge is 0.381 e. The Hall–Kier alpha value is -2.59. The van der Waals surface area contributed by atoms with Crippen LogP contribution in [0.5, 0.6) is 0 Å². The standard InChI is InChI=1S/C18H20N2O2/c1-3-7-15-12-17(20-16(15)10-11-22-2)18(21)19-13-14-8-5-4-6-9-14/h3-10,12,20H,1,11,13H2,2H3,(H,19,21)/b15-7-,16-10+. The Morgan fingerprint density at radius 3 is 2.82 bits per heavy atom. The molecule has 2 rings (SSSR count). The molecule has 0 spiro atoms. The Bertz CT molecular complexity index is 745. The molecular weight excluding hydrogens is 276 g/mol. The molecule has 2 N–H and O–H groups in total. The van der Waals surface area contributed by atoms with Crippen LogP contribution in [0.1, 0.15) is 16.1 Å². The van der Waals surface area contributed by atoms with Gasteiger partial charge in [0.1, 0.15) is 5.69 Å². The maximum Gasteiger partial charge on any atom is 0.267 e. The van der Waals surface area contributed by atoms with Crippen LogP contribution in [0.2, 0.25) is 0 Å². The lowest BCUT2D eigenvalue weighted by atomic mass is 10.2. The number of ether oxygens (including phenoxy) is 1. The number of aromatic nitrogens is 1. The zero-order chi connectivity index (χ0) is 15.8. The number of H-pyrrole nitrogens is 1. The van der Waals surface area contributed by atoms with E-state index in [9.17, 15) is 4.79 Å². The lowest BCUT2D eigenvalue weighted by Gasteiger charge is -2.03. The van der Waals surface area contributed by atoms with Gasteiger partial charge in [-0.2, -0.15) is 0 Å². The molecule has 0 atom stereocenters. The third-order valence-electron chi connectivity index (χ3n) is 3.17. The van der Waals surface area contributed by atoms with E-state index in [1.165, 1.54) is 0 Å². The van der Waals surface area contributed by atoms with Gasteiger partial charge in [0.05, 0.1) is 6.61 Å². The van der Waals surface area contributed by atoms with E-state index in [4.69, 9.17) is 4.74 Å². The highest BCUT2D eigenvalue weighted by atomic mass is 16.5. The van der Waals surface area contributed by atoms with Crippen molar-refractivity contribution in [2.75, 3.05) is 13.7 Å². The molecular formula is C18H20N2O2. The summed E-state index contributed by atoms with van der Waals surface area (Å²) in [6, 6.07) is 11.6. The number of aromatic amines is 1. The highest BCUT2D eigenvalue weighted by Gasteiger charge is 2.07. The van der Waals surface area contributed by atoms with E-state index in [2.05, 4.69) is 16.9 Å². The van der Waals surface area contributed by atoms with Crippen molar-refractivity contribution in [3.8, 4) is 0 Å². The van der Waals surface area contributed by atoms with Gasteiger partial charge in [-0.1, -0.05) is 49.1 Å². The molecule has 0 aliphatic rings. The van der Waals surface area contributed by atoms with Gasteiger partial charge < -0.3 is 15.0 Å². The zero-order valence-electron chi connectivity index (χ0n) is 12.6. The summed E-state index contributed by atoms with van der Waals surface area (Å²) in [7, 11) is 1.63. The topological polar surface area (TPSA) is 54.1 Å². The van der Waals surface area contributed by atoms with E-state index in [-0.39, 0.29) is 5.91 Å². The molecule has 2 aromatic rings. The minimum atomic E-state index is -0.139. The number of carbonyl (C=O) groups excluding carboxylic acids is 1. The Kier molecular flexibility index (Phi) is 5.74. The smallest absolute Gasteiger partial charge is 0.267 e. The molecule has 114 valence electrons. The maximum absolute atomic E-state index is 12.2. The second-order valence-electron chi connectivity index (χ2n) is 4.78. The van der Waals surface area contributed by atoms with Gasteiger partial charge >= 0.3 is 0 Å². The van der Waals surface area contributed by atoms with Crippen molar-refractivity contribution in [3.63, 3.8) is 0 Å². The van der Waals surface area contributed by atoms with Crippen molar-refractivity contribution in [1.82, 2.24) is 10.3 Å². The number of methoxy groups -OCH3 is 1. The third kappa shape index (κ3) is 4.20. The van der Waals surface area contributed by atoms with Gasteiger partial charge in [0, 0.05) is 19.0 Å². The monoisotopic (exact) mass is 296 g/mol. The van der Waals surface area contributed by atoms with E-state index in [0.717, 1.165) is 16.1 Å². The number of allylic oxidation sites excluding steroid dienone is 1. The predicted octanol–water partition coefficient (Wildman–Crippen LogP) is 1.34. The van der Waals surface area contributed by atoms with Crippen molar-refractivity contribution < 1.29 is 9.53 Å². The number of nitrogens with one attached hydrogen (secondary N) is 2. The lowest BCUT2D eigenvalue weighted by molar-refractivity contribution is 0.0946. The van der Waals surface area contributed by atoms with Crippen LogP contribution in [0, 0.1) is 0 Å². The van der Waals surface area contributed by atoms with Gasteiger partial charge in [-0.15, -0.1) is 0 Å². The maximum atomic E-state index is 12.2. The fraction of sp³-hybridized carbons (Fsp3) is 0.167. The van der Waals surface area contributed by atoms with Crippen LogP contribution < -0.4 is 15.9 Å². The Labute approximate surface area is 129 Å². The molecule has 22 heavy (non-hydrogen) atoms. The molecule has 0 saturated heterocycles. The number of hydrogen-bond donors (Lipinski definition) is 2. The molecule has 0 aliphatic heterocycles. The third-order valence-corrected chi connectivity index (χ3v) is 3.17. The molecule has 1 amide bonds. The number of carbonyl (C=O) groups is 1. The summed E-state index contributed by atoms with van der Waals surface area (Å²) < 4.78 is 5.04. The van der Waals surface area contributed by atoms with Gasteiger partial charge in [0.2, 0.25) is 0 Å². The summed E-state index contributed by atoms with van der Waals surface area (Å²) in [5, 5.41) is 4.67. The molecule has 0 fully saturated rings. The van der Waals surface area contributed by atoms with Gasteiger partial charge in [0.25, 0.3) is 5.91 Å². The van der Waals surface area contributed by atoms with E-state index in [0.29, 0.717) is 18.8 Å². The summed E-state index contributed by atoms with van der Waals surface area (Å²) in [6.45, 7) is 4.66. The first-order valence-electron chi connectivity index (χ1n) is 7.07. The second-order valence-corrected chi connectivity index (χ2v) is 4.78. The summed E-state index contributed by atoms with van der Waals surface area (Å²) in [5.41, 5.74) is 1.58. The Balaban J connectivity index is 2.16. The molecule has 0 radical (unpaired) electrons. The summed E-state index contributed by atoms with van der Waals surface area (Å²) in [6.07, 6.45) is 5.44. The summed E-state index contributed by atoms with van der Waals surface area (Å²) >= 11 is 0. The fourth-order valence-corrected chi connectivity index (χ4v) is 2.08. The molecule has 1 heterocycles. The summed E-state index contributed by atoms with van der Waals surface area (Å²) in [4.78, 5) is 15.3. The molecule has 0 saturated carbocycles.